The number of hydrogen-bond donors (Lipinski definition) is 1. The number of aromatic hydroxyl groups is 1. The molecule has 3 rings (SSSR count). The van der Waals surface area contributed by atoms with Crippen LogP contribution in [-0.4, -0.2) is 28.8 Å². The third kappa shape index (κ3) is 3.05. The summed E-state index contributed by atoms with van der Waals surface area (Å²) in [5.41, 5.74) is 0.892. The molecule has 0 fully saturated rings. The lowest BCUT2D eigenvalue weighted by molar-refractivity contribution is -0.386. The zero-order valence-electron chi connectivity index (χ0n) is 13.0. The van der Waals surface area contributed by atoms with Gasteiger partial charge in [-0.2, -0.15) is 0 Å². The van der Waals surface area contributed by atoms with Gasteiger partial charge in [0.25, 0.3) is 0 Å². The molecule has 0 radical (unpaired) electrons. The zero-order chi connectivity index (χ0) is 18.0. The van der Waals surface area contributed by atoms with Crippen molar-refractivity contribution in [3.8, 4) is 11.5 Å². The van der Waals surface area contributed by atoms with Gasteiger partial charge in [0.1, 0.15) is 5.71 Å². The van der Waals surface area contributed by atoms with Crippen LogP contribution in [0.1, 0.15) is 11.1 Å². The molecule has 126 valence electrons. The van der Waals surface area contributed by atoms with Gasteiger partial charge in [0.05, 0.1) is 17.6 Å². The average Bonchev–Trinajstić information content (AvgIpc) is 2.97. The van der Waals surface area contributed by atoms with E-state index in [1.54, 1.807) is 24.3 Å². The Morgan fingerprint density at radius 3 is 2.64 bits per heavy atom. The number of benzene rings is 2. The molecule has 8 heteroatoms. The first-order valence-corrected chi connectivity index (χ1v) is 7.13. The van der Waals surface area contributed by atoms with Crippen molar-refractivity contribution in [3.63, 3.8) is 0 Å². The highest BCUT2D eigenvalue weighted by atomic mass is 16.7. The number of methoxy groups -OCH3 is 1. The minimum Gasteiger partial charge on any atom is -0.500 e. The number of nitro groups is 1. The van der Waals surface area contributed by atoms with Gasteiger partial charge in [-0.1, -0.05) is 35.5 Å². The molecule has 1 N–H and O–H groups in total. The van der Waals surface area contributed by atoms with E-state index >= 15 is 0 Å². The molecule has 25 heavy (non-hydrogen) atoms. The van der Waals surface area contributed by atoms with E-state index in [-0.39, 0.29) is 11.3 Å². The SMILES string of the molecule is COc1cc(/C=C2\C(=O)ON=C2c2ccccc2)cc([N+](=O)[O-])c1O. The van der Waals surface area contributed by atoms with Gasteiger partial charge in [0, 0.05) is 11.6 Å². The van der Waals surface area contributed by atoms with Crippen molar-refractivity contribution < 1.29 is 24.4 Å². The summed E-state index contributed by atoms with van der Waals surface area (Å²) >= 11 is 0. The van der Waals surface area contributed by atoms with Crippen LogP contribution in [0, 0.1) is 10.1 Å². The van der Waals surface area contributed by atoms with Crippen LogP contribution in [0.5, 0.6) is 11.5 Å². The van der Waals surface area contributed by atoms with Crippen molar-refractivity contribution in [2.24, 2.45) is 5.16 Å². The fourth-order valence-corrected chi connectivity index (χ4v) is 2.37. The number of nitro benzene ring substituents is 1. The summed E-state index contributed by atoms with van der Waals surface area (Å²) in [6, 6.07) is 11.4. The van der Waals surface area contributed by atoms with Crippen LogP contribution in [0.15, 0.2) is 53.2 Å². The number of carbonyl (C=O) groups is 1. The second-order valence-electron chi connectivity index (χ2n) is 5.09. The number of phenolic OH excluding ortho intramolecular Hbond substituents is 1. The fourth-order valence-electron chi connectivity index (χ4n) is 2.37. The maximum absolute atomic E-state index is 12.0. The van der Waals surface area contributed by atoms with Crippen LogP contribution in [-0.2, 0) is 9.63 Å². The summed E-state index contributed by atoms with van der Waals surface area (Å²) in [6.45, 7) is 0. The molecule has 0 aromatic heterocycles. The summed E-state index contributed by atoms with van der Waals surface area (Å²) < 4.78 is 4.95. The number of phenols is 1. The molecule has 0 saturated heterocycles. The van der Waals surface area contributed by atoms with E-state index in [1.165, 1.54) is 19.3 Å². The van der Waals surface area contributed by atoms with E-state index < -0.39 is 22.3 Å². The topological polar surface area (TPSA) is 111 Å². The van der Waals surface area contributed by atoms with Crippen LogP contribution in [0.25, 0.3) is 6.08 Å². The van der Waals surface area contributed by atoms with Crippen LogP contribution >= 0.6 is 0 Å². The van der Waals surface area contributed by atoms with E-state index in [0.29, 0.717) is 16.8 Å². The van der Waals surface area contributed by atoms with E-state index in [9.17, 15) is 20.0 Å². The lowest BCUT2D eigenvalue weighted by atomic mass is 10.0. The van der Waals surface area contributed by atoms with Crippen LogP contribution in [0.3, 0.4) is 0 Å². The lowest BCUT2D eigenvalue weighted by Gasteiger charge is -2.06. The highest BCUT2D eigenvalue weighted by Gasteiger charge is 2.27. The lowest BCUT2D eigenvalue weighted by Crippen LogP contribution is -2.06. The molecule has 0 amide bonds. The summed E-state index contributed by atoms with van der Waals surface area (Å²) in [5, 5.41) is 24.7. The zero-order valence-corrected chi connectivity index (χ0v) is 13.0. The van der Waals surface area contributed by atoms with E-state index in [2.05, 4.69) is 5.16 Å². The van der Waals surface area contributed by atoms with Gasteiger partial charge in [-0.3, -0.25) is 10.1 Å². The standard InChI is InChI=1S/C17H12N2O6/c1-24-14-9-10(8-13(16(14)20)19(22)23)7-12-15(18-25-17(12)21)11-5-3-2-4-6-11/h2-9,20H,1H3/b12-7-. The van der Waals surface area contributed by atoms with E-state index in [4.69, 9.17) is 9.57 Å². The smallest absolute Gasteiger partial charge is 0.368 e. The van der Waals surface area contributed by atoms with Gasteiger partial charge in [-0.25, -0.2) is 4.79 Å². The molecule has 0 saturated carbocycles. The van der Waals surface area contributed by atoms with Gasteiger partial charge in [-0.05, 0) is 17.7 Å². The predicted octanol–water partition coefficient (Wildman–Crippen LogP) is 2.65. The van der Waals surface area contributed by atoms with Crippen molar-refractivity contribution in [2.75, 3.05) is 7.11 Å². The van der Waals surface area contributed by atoms with Crippen molar-refractivity contribution >= 4 is 23.4 Å². The molecule has 0 unspecified atom stereocenters. The van der Waals surface area contributed by atoms with Gasteiger partial charge in [0.2, 0.25) is 5.75 Å². The Morgan fingerprint density at radius 2 is 2.00 bits per heavy atom. The normalized spacial score (nSPS) is 15.0. The van der Waals surface area contributed by atoms with E-state index in [1.807, 2.05) is 6.07 Å². The monoisotopic (exact) mass is 340 g/mol. The summed E-state index contributed by atoms with van der Waals surface area (Å²) in [6.07, 6.45) is 1.40. The summed E-state index contributed by atoms with van der Waals surface area (Å²) in [4.78, 5) is 27.1. The number of carbonyl (C=O) groups excluding carboxylic acids is 1. The Labute approximate surface area is 141 Å². The van der Waals surface area contributed by atoms with Gasteiger partial charge < -0.3 is 14.7 Å². The molecule has 0 bridgehead atoms. The van der Waals surface area contributed by atoms with Crippen LogP contribution < -0.4 is 4.74 Å². The van der Waals surface area contributed by atoms with Crippen LogP contribution in [0.2, 0.25) is 0 Å². The molecular weight excluding hydrogens is 328 g/mol. The Morgan fingerprint density at radius 1 is 1.28 bits per heavy atom. The summed E-state index contributed by atoms with van der Waals surface area (Å²) in [5.74, 6) is -1.33. The average molecular weight is 340 g/mol. The molecule has 0 aliphatic carbocycles. The molecule has 2 aromatic carbocycles. The second-order valence-corrected chi connectivity index (χ2v) is 5.09. The van der Waals surface area contributed by atoms with Crippen molar-refractivity contribution in [1.29, 1.82) is 0 Å². The van der Waals surface area contributed by atoms with Gasteiger partial charge in [-0.15, -0.1) is 0 Å². The molecule has 1 aliphatic heterocycles. The molecular formula is C17H12N2O6. The minimum atomic E-state index is -0.737. The molecule has 8 nitrogen and oxygen atoms in total. The highest BCUT2D eigenvalue weighted by molar-refractivity contribution is 6.31. The first kappa shape index (κ1) is 16.2. The number of nitrogens with zero attached hydrogens (tertiary/aromatic N) is 2. The van der Waals surface area contributed by atoms with Crippen LogP contribution in [0.4, 0.5) is 5.69 Å². The molecule has 1 heterocycles. The molecule has 1 aliphatic rings. The minimum absolute atomic E-state index is 0.0781. The molecule has 0 atom stereocenters. The second kappa shape index (κ2) is 6.44. The quantitative estimate of drug-likeness (QED) is 0.396. The largest absolute Gasteiger partial charge is 0.500 e. The Kier molecular flexibility index (Phi) is 4.17. The van der Waals surface area contributed by atoms with Crippen molar-refractivity contribution in [3.05, 3.63) is 69.3 Å². The first-order chi connectivity index (χ1) is 12.0. The number of hydrogen-bond acceptors (Lipinski definition) is 7. The van der Waals surface area contributed by atoms with Crippen molar-refractivity contribution in [1.82, 2.24) is 0 Å². The molecule has 2 aromatic rings. The van der Waals surface area contributed by atoms with Gasteiger partial charge >= 0.3 is 11.7 Å². The summed E-state index contributed by atoms with van der Waals surface area (Å²) in [7, 11) is 1.27. The number of oxime groups is 1. The highest BCUT2D eigenvalue weighted by Crippen LogP contribution is 2.37. The maximum atomic E-state index is 12.0. The third-order valence-electron chi connectivity index (χ3n) is 3.55. The predicted molar refractivity (Wildman–Crippen MR) is 88.4 cm³/mol. The Balaban J connectivity index is 2.10. The van der Waals surface area contributed by atoms with E-state index in [0.717, 1.165) is 6.07 Å². The third-order valence-corrected chi connectivity index (χ3v) is 3.55. The Hall–Kier alpha value is -3.68. The molecule has 0 spiro atoms. The van der Waals surface area contributed by atoms with Crippen molar-refractivity contribution in [2.45, 2.75) is 0 Å². The maximum Gasteiger partial charge on any atom is 0.368 e. The fraction of sp³-hybridized carbons (Fsp3) is 0.0588. The van der Waals surface area contributed by atoms with Gasteiger partial charge in [0.15, 0.2) is 5.75 Å². The Bertz CT molecular complexity index is 918. The number of ether oxygens (including phenoxy) is 1. The first-order valence-electron chi connectivity index (χ1n) is 7.13. The number of rotatable bonds is 4.